The third kappa shape index (κ3) is 3.75. The molecule has 0 radical (unpaired) electrons. The van der Waals surface area contributed by atoms with E-state index in [4.69, 9.17) is 10.2 Å². The minimum absolute atomic E-state index is 0.105. The minimum Gasteiger partial charge on any atom is -0.504 e. The molecule has 2 aromatic carbocycles. The van der Waals surface area contributed by atoms with Crippen molar-refractivity contribution in [2.45, 2.75) is 0 Å². The van der Waals surface area contributed by atoms with Crippen molar-refractivity contribution < 1.29 is 40.2 Å². The smallest absolute Gasteiger partial charge is 0.328 e. The Morgan fingerprint density at radius 3 is 1.31 bits per heavy atom. The highest BCUT2D eigenvalue weighted by Crippen LogP contribution is 2.47. The number of phenolic OH excluding ortho intramolecular Hbond substituents is 4. The van der Waals surface area contributed by atoms with Gasteiger partial charge in [-0.25, -0.2) is 9.59 Å². The molecule has 0 saturated heterocycles. The molecule has 0 atom stereocenters. The lowest BCUT2D eigenvalue weighted by Gasteiger charge is -2.15. The zero-order chi connectivity index (χ0) is 19.4. The summed E-state index contributed by atoms with van der Waals surface area (Å²) in [6.07, 6.45) is 3.79. The van der Waals surface area contributed by atoms with Gasteiger partial charge in [-0.05, 0) is 35.4 Å². The van der Waals surface area contributed by atoms with Gasteiger partial charge < -0.3 is 30.6 Å². The first-order chi connectivity index (χ1) is 12.2. The van der Waals surface area contributed by atoms with E-state index in [1.165, 1.54) is 12.1 Å². The summed E-state index contributed by atoms with van der Waals surface area (Å²) in [6.45, 7) is 0. The molecular weight excluding hydrogens is 344 g/mol. The molecule has 0 aliphatic rings. The number of phenols is 4. The fourth-order valence-corrected chi connectivity index (χ4v) is 2.32. The van der Waals surface area contributed by atoms with Crippen LogP contribution in [-0.2, 0) is 9.59 Å². The molecule has 0 spiro atoms. The second-order valence-corrected chi connectivity index (χ2v) is 5.14. The number of carbonyl (C=O) groups is 2. The fraction of sp³-hybridized carbons (Fsp3) is 0. The average molecular weight is 358 g/mol. The van der Waals surface area contributed by atoms with Crippen LogP contribution in [0, 0.1) is 0 Å². The van der Waals surface area contributed by atoms with Crippen molar-refractivity contribution in [3.8, 4) is 34.1 Å². The maximum atomic E-state index is 10.8. The van der Waals surface area contributed by atoms with Gasteiger partial charge in [0.05, 0.1) is 0 Å². The largest absolute Gasteiger partial charge is 0.504 e. The van der Waals surface area contributed by atoms with Gasteiger partial charge in [0.1, 0.15) is 0 Å². The number of benzene rings is 2. The second kappa shape index (κ2) is 7.31. The molecule has 26 heavy (non-hydrogen) atoms. The molecule has 0 heterocycles. The fourth-order valence-electron chi connectivity index (χ4n) is 2.32. The van der Waals surface area contributed by atoms with Crippen LogP contribution in [0.5, 0.6) is 23.0 Å². The summed E-state index contributed by atoms with van der Waals surface area (Å²) in [5.41, 5.74) is -0.149. The van der Waals surface area contributed by atoms with Crippen LogP contribution in [0.25, 0.3) is 23.3 Å². The molecule has 134 valence electrons. The van der Waals surface area contributed by atoms with Crippen molar-refractivity contribution in [3.05, 3.63) is 47.5 Å². The number of carboxylic acids is 2. The molecule has 0 fully saturated rings. The standard InChI is InChI=1S/C18H14O8/c19-11-5-1-9(3-7-13(21)22)15(17(11)25)16-10(4-8-14(23)24)2-6-12(20)18(16)26/h1-8,19-20,25-26H,(H,21,22)(H,23,24). The van der Waals surface area contributed by atoms with Crippen LogP contribution in [0.3, 0.4) is 0 Å². The molecule has 0 bridgehead atoms. The van der Waals surface area contributed by atoms with E-state index in [2.05, 4.69) is 0 Å². The van der Waals surface area contributed by atoms with E-state index in [9.17, 15) is 30.0 Å². The van der Waals surface area contributed by atoms with Gasteiger partial charge in [0.2, 0.25) is 0 Å². The van der Waals surface area contributed by atoms with E-state index in [1.54, 1.807) is 0 Å². The molecule has 0 unspecified atom stereocenters. The molecule has 0 amide bonds. The Labute approximate surface area is 146 Å². The van der Waals surface area contributed by atoms with Gasteiger partial charge in [0.25, 0.3) is 0 Å². The van der Waals surface area contributed by atoms with Gasteiger partial charge in [0.15, 0.2) is 23.0 Å². The number of hydrogen-bond acceptors (Lipinski definition) is 6. The van der Waals surface area contributed by atoms with E-state index in [0.717, 1.165) is 36.4 Å². The Bertz CT molecular complexity index is 863. The number of aromatic hydroxyl groups is 4. The molecule has 0 saturated carbocycles. The van der Waals surface area contributed by atoms with Gasteiger partial charge in [-0.15, -0.1) is 0 Å². The van der Waals surface area contributed by atoms with Crippen molar-refractivity contribution in [1.29, 1.82) is 0 Å². The summed E-state index contributed by atoms with van der Waals surface area (Å²) >= 11 is 0. The van der Waals surface area contributed by atoms with E-state index in [1.807, 2.05) is 0 Å². The lowest BCUT2D eigenvalue weighted by molar-refractivity contribution is -0.132. The molecule has 8 heteroatoms. The molecule has 2 aromatic rings. The molecule has 0 aliphatic carbocycles. The number of aliphatic carboxylic acids is 2. The van der Waals surface area contributed by atoms with E-state index >= 15 is 0 Å². The first kappa shape index (κ1) is 18.4. The summed E-state index contributed by atoms with van der Waals surface area (Å²) in [7, 11) is 0. The molecule has 8 nitrogen and oxygen atoms in total. The van der Waals surface area contributed by atoms with Crippen molar-refractivity contribution >= 4 is 24.1 Å². The Morgan fingerprint density at radius 2 is 1.00 bits per heavy atom. The van der Waals surface area contributed by atoms with Gasteiger partial charge >= 0.3 is 11.9 Å². The molecule has 6 N–H and O–H groups in total. The Morgan fingerprint density at radius 1 is 0.654 bits per heavy atom. The Balaban J connectivity index is 2.86. The maximum absolute atomic E-state index is 10.8. The summed E-state index contributed by atoms with van der Waals surface area (Å²) in [6, 6.07) is 4.82. The maximum Gasteiger partial charge on any atom is 0.328 e. The summed E-state index contributed by atoms with van der Waals surface area (Å²) in [5.74, 6) is -5.00. The van der Waals surface area contributed by atoms with Crippen LogP contribution in [0.15, 0.2) is 36.4 Å². The highest BCUT2D eigenvalue weighted by Gasteiger charge is 2.21. The zero-order valence-corrected chi connectivity index (χ0v) is 13.1. The summed E-state index contributed by atoms with van der Waals surface area (Å²) in [4.78, 5) is 21.5. The normalized spacial score (nSPS) is 11.2. The van der Waals surface area contributed by atoms with Crippen LogP contribution in [0.2, 0.25) is 0 Å². The van der Waals surface area contributed by atoms with Gasteiger partial charge in [-0.2, -0.15) is 0 Å². The van der Waals surface area contributed by atoms with Crippen LogP contribution in [-0.4, -0.2) is 42.6 Å². The first-order valence-corrected chi connectivity index (χ1v) is 7.14. The summed E-state index contributed by atoms with van der Waals surface area (Å²) in [5, 5.41) is 57.7. The molecule has 0 aromatic heterocycles. The third-order valence-corrected chi connectivity index (χ3v) is 3.44. The summed E-state index contributed by atoms with van der Waals surface area (Å²) < 4.78 is 0. The minimum atomic E-state index is -1.27. The van der Waals surface area contributed by atoms with Crippen LogP contribution < -0.4 is 0 Å². The van der Waals surface area contributed by atoms with E-state index in [-0.39, 0.29) is 22.3 Å². The number of rotatable bonds is 5. The van der Waals surface area contributed by atoms with Crippen LogP contribution in [0.1, 0.15) is 11.1 Å². The van der Waals surface area contributed by atoms with Crippen LogP contribution >= 0.6 is 0 Å². The van der Waals surface area contributed by atoms with E-state index < -0.39 is 34.9 Å². The number of carboxylic acid groups (broad SMARTS) is 2. The Hall–Kier alpha value is -3.94. The SMILES string of the molecule is O=C(O)C=Cc1ccc(O)c(O)c1-c1c(C=CC(=O)O)ccc(O)c1O. The zero-order valence-electron chi connectivity index (χ0n) is 13.1. The highest BCUT2D eigenvalue weighted by molar-refractivity contribution is 5.95. The predicted octanol–water partition coefficient (Wildman–Crippen LogP) is 2.37. The Kier molecular flexibility index (Phi) is 5.17. The quantitative estimate of drug-likeness (QED) is 0.351. The molecule has 0 aliphatic heterocycles. The third-order valence-electron chi connectivity index (χ3n) is 3.44. The average Bonchev–Trinajstić information content (AvgIpc) is 2.57. The van der Waals surface area contributed by atoms with Gasteiger partial charge in [-0.1, -0.05) is 12.1 Å². The van der Waals surface area contributed by atoms with Gasteiger partial charge in [0, 0.05) is 23.3 Å². The first-order valence-electron chi connectivity index (χ1n) is 7.14. The monoisotopic (exact) mass is 358 g/mol. The lowest BCUT2D eigenvalue weighted by Crippen LogP contribution is -1.93. The molecular formula is C18H14O8. The molecule has 2 rings (SSSR count). The van der Waals surface area contributed by atoms with Crippen molar-refractivity contribution in [3.63, 3.8) is 0 Å². The second-order valence-electron chi connectivity index (χ2n) is 5.14. The van der Waals surface area contributed by atoms with Crippen molar-refractivity contribution in [2.24, 2.45) is 0 Å². The van der Waals surface area contributed by atoms with Gasteiger partial charge in [-0.3, -0.25) is 0 Å². The highest BCUT2D eigenvalue weighted by atomic mass is 16.4. The lowest BCUT2D eigenvalue weighted by atomic mass is 9.92. The van der Waals surface area contributed by atoms with Crippen molar-refractivity contribution in [2.75, 3.05) is 0 Å². The topological polar surface area (TPSA) is 156 Å². The number of hydrogen-bond donors (Lipinski definition) is 6. The van der Waals surface area contributed by atoms with E-state index in [0.29, 0.717) is 0 Å². The van der Waals surface area contributed by atoms with Crippen LogP contribution in [0.4, 0.5) is 0 Å². The predicted molar refractivity (Wildman–Crippen MR) is 91.9 cm³/mol. The van der Waals surface area contributed by atoms with Crippen molar-refractivity contribution in [1.82, 2.24) is 0 Å².